The molecule has 69 heavy (non-hydrogen) atoms. The number of aromatic nitrogens is 3. The molecule has 0 atom stereocenters. The molecule has 5 aliphatic rings. The third-order valence-electron chi connectivity index (χ3n) is 15.5. The number of nitrogens with zero attached hydrogens (tertiary/aromatic N) is 9. The quantitative estimate of drug-likeness (QED) is 0.108. The highest BCUT2D eigenvalue weighted by Gasteiger charge is 2.23. The third-order valence-corrected chi connectivity index (χ3v) is 15.5. The fourth-order valence-corrected chi connectivity index (χ4v) is 11.2. The molecule has 0 bridgehead atoms. The van der Waals surface area contributed by atoms with E-state index in [-0.39, 0.29) is 0 Å². The molecule has 0 amide bonds. The first kappa shape index (κ1) is 49.4. The topological polar surface area (TPSA) is 68.6 Å². The van der Waals surface area contributed by atoms with Gasteiger partial charge in [-0.2, -0.15) is 0 Å². The Kier molecular flexibility index (Phi) is 16.5. The first-order valence-corrected chi connectivity index (χ1v) is 26.5. The number of pyridine rings is 2. The zero-order valence-electron chi connectivity index (χ0n) is 43.2. The van der Waals surface area contributed by atoms with Crippen LogP contribution in [-0.4, -0.2) is 164 Å². The maximum atomic E-state index is 5.49. The van der Waals surface area contributed by atoms with Crippen LogP contribution in [0.15, 0.2) is 72.3 Å². The van der Waals surface area contributed by atoms with E-state index in [9.17, 15) is 0 Å². The van der Waals surface area contributed by atoms with Gasteiger partial charge in [0.1, 0.15) is 0 Å². The molecular weight excluding hydrogens is 855 g/mol. The smallest absolute Gasteiger partial charge is 0.0799 e. The Bertz CT molecular complexity index is 2470. The molecule has 11 heteroatoms. The monoisotopic (exact) mass is 936 g/mol. The van der Waals surface area contributed by atoms with Crippen molar-refractivity contribution in [2.24, 2.45) is 7.05 Å². The molecule has 2 aromatic carbocycles. The van der Waals surface area contributed by atoms with Crippen molar-refractivity contribution in [3.05, 3.63) is 101 Å². The van der Waals surface area contributed by atoms with Crippen LogP contribution in [-0.2, 0) is 29.4 Å². The molecule has 4 saturated heterocycles. The fourth-order valence-electron chi connectivity index (χ4n) is 11.2. The summed E-state index contributed by atoms with van der Waals surface area (Å²) in [6, 6.07) is 26.4. The van der Waals surface area contributed by atoms with E-state index in [1.165, 1.54) is 76.0 Å². The second kappa shape index (κ2) is 23.1. The van der Waals surface area contributed by atoms with Gasteiger partial charge in [-0.1, -0.05) is 35.9 Å². The summed E-state index contributed by atoms with van der Waals surface area (Å²) in [7, 11) is 2.20. The van der Waals surface area contributed by atoms with E-state index in [1.54, 1.807) is 5.57 Å². The lowest BCUT2D eigenvalue weighted by molar-refractivity contribution is 0.0374. The number of hydrogen-bond acceptors (Lipinski definition) is 10. The summed E-state index contributed by atoms with van der Waals surface area (Å²) in [5, 5.41) is 1.26. The van der Waals surface area contributed by atoms with Crippen LogP contribution >= 0.6 is 0 Å². The largest absolute Gasteiger partial charge is 0.379 e. The Morgan fingerprint density at radius 3 is 1.55 bits per heavy atom. The van der Waals surface area contributed by atoms with Crippen molar-refractivity contribution in [2.75, 3.05) is 128 Å². The lowest BCUT2D eigenvalue weighted by Gasteiger charge is -2.38. The van der Waals surface area contributed by atoms with E-state index in [1.807, 2.05) is 0 Å². The summed E-state index contributed by atoms with van der Waals surface area (Å²) in [5.41, 5.74) is 16.5. The first-order chi connectivity index (χ1) is 33.6. The summed E-state index contributed by atoms with van der Waals surface area (Å²) in [6.45, 7) is 32.5. The number of benzene rings is 2. The average Bonchev–Trinajstić information content (AvgIpc) is 3.93. The molecular formula is C58H81N9O2. The van der Waals surface area contributed by atoms with Crippen molar-refractivity contribution in [3.63, 3.8) is 0 Å². The number of fused-ring (bicyclic) bond motifs is 2. The molecule has 7 heterocycles. The molecule has 0 saturated carbocycles. The van der Waals surface area contributed by atoms with Crippen LogP contribution in [0.3, 0.4) is 0 Å². The second-order valence-corrected chi connectivity index (χ2v) is 20.8. The highest BCUT2D eigenvalue weighted by Crippen LogP contribution is 2.36. The molecule has 10 rings (SSSR count). The number of rotatable bonds is 14. The molecule has 3 aromatic heterocycles. The molecule has 4 fully saturated rings. The zero-order chi connectivity index (χ0) is 47.9. The molecule has 5 aromatic rings. The van der Waals surface area contributed by atoms with Crippen LogP contribution in [0, 0.1) is 13.8 Å². The number of morpholine rings is 2. The average molecular weight is 936 g/mol. The van der Waals surface area contributed by atoms with Crippen molar-refractivity contribution in [3.8, 4) is 22.5 Å². The van der Waals surface area contributed by atoms with Gasteiger partial charge in [0.2, 0.25) is 0 Å². The van der Waals surface area contributed by atoms with Gasteiger partial charge in [-0.05, 0) is 135 Å². The molecule has 0 radical (unpaired) electrons. The second-order valence-electron chi connectivity index (χ2n) is 20.8. The Balaban J connectivity index is 0.000000172. The number of ether oxygens (including phenoxy) is 2. The summed E-state index contributed by atoms with van der Waals surface area (Å²) < 4.78 is 13.3. The van der Waals surface area contributed by atoms with Gasteiger partial charge in [-0.15, -0.1) is 0 Å². The third kappa shape index (κ3) is 12.3. The van der Waals surface area contributed by atoms with Crippen LogP contribution in [0.25, 0.3) is 39.5 Å². The zero-order valence-corrected chi connectivity index (χ0v) is 43.2. The van der Waals surface area contributed by atoms with Gasteiger partial charge in [0.05, 0.1) is 43.3 Å². The highest BCUT2D eigenvalue weighted by atomic mass is 16.5. The minimum absolute atomic E-state index is 0.629. The minimum atomic E-state index is 0.629. The van der Waals surface area contributed by atoms with E-state index >= 15 is 0 Å². The molecule has 0 N–H and O–H groups in total. The van der Waals surface area contributed by atoms with E-state index in [2.05, 4.69) is 155 Å². The van der Waals surface area contributed by atoms with E-state index < -0.39 is 0 Å². The van der Waals surface area contributed by atoms with Gasteiger partial charge in [0.25, 0.3) is 0 Å². The Morgan fingerprint density at radius 1 is 0.551 bits per heavy atom. The Hall–Kier alpha value is -4.62. The molecule has 370 valence electrons. The van der Waals surface area contributed by atoms with E-state index in [0.29, 0.717) is 12.1 Å². The SMILES string of the molecule is Cc1cc2c(c(-c3ccc(N4CCN(C(C)C)CC4)cc3)n1)C=C(CCCN1CCOCC1)C2.Cc1cc2c(cc(CCCN3CCOCC3)n2C)c(-c2ccc(N3CCN(C(C)C)CC3)cc2)n1. The number of allylic oxidation sites excluding steroid dienone is 1. The first-order valence-electron chi connectivity index (χ1n) is 26.5. The molecule has 4 aliphatic heterocycles. The van der Waals surface area contributed by atoms with Crippen molar-refractivity contribution in [1.29, 1.82) is 0 Å². The van der Waals surface area contributed by atoms with Crippen molar-refractivity contribution in [2.45, 2.75) is 85.7 Å². The van der Waals surface area contributed by atoms with Crippen molar-refractivity contribution >= 4 is 28.4 Å². The minimum Gasteiger partial charge on any atom is -0.379 e. The predicted octanol–water partition coefficient (Wildman–Crippen LogP) is 8.98. The Morgan fingerprint density at radius 2 is 1.03 bits per heavy atom. The van der Waals surface area contributed by atoms with Gasteiger partial charge in [0, 0.05) is 148 Å². The summed E-state index contributed by atoms with van der Waals surface area (Å²) in [6.07, 6.45) is 8.15. The molecule has 1 aliphatic carbocycles. The summed E-state index contributed by atoms with van der Waals surface area (Å²) >= 11 is 0. The fraction of sp³-hybridized carbons (Fsp3) is 0.552. The maximum Gasteiger partial charge on any atom is 0.0799 e. The van der Waals surface area contributed by atoms with Crippen LogP contribution in [0.2, 0.25) is 0 Å². The predicted molar refractivity (Wildman–Crippen MR) is 287 cm³/mol. The van der Waals surface area contributed by atoms with Crippen LogP contribution in [0.5, 0.6) is 0 Å². The van der Waals surface area contributed by atoms with Crippen molar-refractivity contribution in [1.82, 2.24) is 34.1 Å². The van der Waals surface area contributed by atoms with Gasteiger partial charge < -0.3 is 23.8 Å². The van der Waals surface area contributed by atoms with Gasteiger partial charge in [-0.25, -0.2) is 0 Å². The van der Waals surface area contributed by atoms with Crippen LogP contribution in [0.1, 0.15) is 75.2 Å². The maximum absolute atomic E-state index is 5.49. The molecule has 0 unspecified atom stereocenters. The number of piperazine rings is 2. The summed E-state index contributed by atoms with van der Waals surface area (Å²) in [4.78, 5) is 25.2. The summed E-state index contributed by atoms with van der Waals surface area (Å²) in [5.74, 6) is 0. The normalized spacial score (nSPS) is 18.8. The lowest BCUT2D eigenvalue weighted by Crippen LogP contribution is -2.48. The van der Waals surface area contributed by atoms with E-state index in [0.717, 1.165) is 147 Å². The van der Waals surface area contributed by atoms with Gasteiger partial charge >= 0.3 is 0 Å². The van der Waals surface area contributed by atoms with Gasteiger partial charge in [0.15, 0.2) is 0 Å². The van der Waals surface area contributed by atoms with Crippen LogP contribution < -0.4 is 9.80 Å². The van der Waals surface area contributed by atoms with Crippen LogP contribution in [0.4, 0.5) is 11.4 Å². The highest BCUT2D eigenvalue weighted by molar-refractivity contribution is 5.94. The molecule has 0 spiro atoms. The van der Waals surface area contributed by atoms with E-state index in [4.69, 9.17) is 19.4 Å². The van der Waals surface area contributed by atoms with Gasteiger partial charge in [-0.3, -0.25) is 29.6 Å². The lowest BCUT2D eigenvalue weighted by atomic mass is 10.0. The molecule has 11 nitrogen and oxygen atoms in total. The number of anilines is 2. The number of aryl methyl sites for hydroxylation is 4. The number of hydrogen-bond donors (Lipinski definition) is 0. The standard InChI is InChI=1S/C29H41N5O.C29H40N4O/c1-22(2)33-12-14-34(15-13-33)25-9-7-24(8-10-25)29-27-21-26(31(4)28(27)20-23(3)30-29)6-5-11-32-16-18-35-19-17-32;1-22(2)32-11-13-33(14-12-32)27-8-6-25(7-9-27)29-28-21-24(20-26(28)19-23(3)30-29)5-4-10-31-15-17-34-18-16-31/h7-10,20-22H,5-6,11-19H2,1-4H3;6-9,19,21-22H,4-5,10-18,20H2,1-3H3. The van der Waals surface area contributed by atoms with Crippen molar-refractivity contribution < 1.29 is 9.47 Å². The Labute approximate surface area is 414 Å².